The highest BCUT2D eigenvalue weighted by Crippen LogP contribution is 2.43. The molecule has 4 heterocycles. The van der Waals surface area contributed by atoms with Gasteiger partial charge in [-0.3, -0.25) is 19.3 Å². The number of fused-ring (bicyclic) bond motifs is 1. The van der Waals surface area contributed by atoms with Gasteiger partial charge in [0, 0.05) is 42.2 Å². The van der Waals surface area contributed by atoms with Crippen LogP contribution in [0.15, 0.2) is 126 Å². The van der Waals surface area contributed by atoms with E-state index in [0.29, 0.717) is 36.3 Å². The first-order valence-corrected chi connectivity index (χ1v) is 22.7. The maximum atomic E-state index is 14.5. The molecule has 3 aliphatic rings. The summed E-state index contributed by atoms with van der Waals surface area (Å²) in [6, 6.07) is 25.8. The average molecular weight is 1020 g/mol. The Bertz CT molecular complexity index is 2540. The second kappa shape index (κ2) is 21.2. The number of β-lactam (4-membered cyclic amide) rings is 1. The summed E-state index contributed by atoms with van der Waals surface area (Å²) in [4.78, 5) is 83.0. The van der Waals surface area contributed by atoms with E-state index < -0.39 is 52.8 Å². The van der Waals surface area contributed by atoms with Gasteiger partial charge in [0.2, 0.25) is 12.5 Å². The second-order valence-electron chi connectivity index (χ2n) is 17.8. The van der Waals surface area contributed by atoms with Crippen molar-refractivity contribution >= 4 is 65.0 Å². The summed E-state index contributed by atoms with van der Waals surface area (Å²) >= 11 is 7.66. The van der Waals surface area contributed by atoms with Crippen molar-refractivity contribution in [2.45, 2.75) is 89.8 Å². The van der Waals surface area contributed by atoms with Gasteiger partial charge in [-0.2, -0.15) is 4.57 Å². The molecule has 0 spiro atoms. The van der Waals surface area contributed by atoms with E-state index >= 15 is 0 Å². The number of benzene rings is 3. The van der Waals surface area contributed by atoms with Gasteiger partial charge in [0.15, 0.2) is 24.2 Å². The van der Waals surface area contributed by atoms with Crippen LogP contribution in [0.25, 0.3) is 0 Å². The summed E-state index contributed by atoms with van der Waals surface area (Å²) in [6.07, 6.45) is 3.13. The van der Waals surface area contributed by atoms with Crippen molar-refractivity contribution in [2.75, 3.05) is 17.6 Å². The summed E-state index contributed by atoms with van der Waals surface area (Å²) in [5, 5.41) is 4.95. The molecule has 0 aliphatic carbocycles. The number of alkyl carbamates (subject to hydrolysis) is 1. The monoisotopic (exact) mass is 1020 g/mol. The Balaban J connectivity index is 0.00000741. The molecule has 0 unspecified atom stereocenters. The lowest BCUT2D eigenvalue weighted by atomic mass is 10.00. The molecule has 4 amide bonds. The molecule has 3 aromatic carbocycles. The van der Waals surface area contributed by atoms with Crippen molar-refractivity contribution < 1.29 is 69.3 Å². The van der Waals surface area contributed by atoms with Gasteiger partial charge >= 0.3 is 18.2 Å². The van der Waals surface area contributed by atoms with Crippen molar-refractivity contribution in [3.8, 4) is 5.75 Å². The molecular formula is C49H51BrClN5O10S. The van der Waals surface area contributed by atoms with Gasteiger partial charge in [0.1, 0.15) is 28.3 Å². The number of carbonyl (C=O) groups is 6. The van der Waals surface area contributed by atoms with Crippen LogP contribution in [0.1, 0.15) is 70.8 Å². The Morgan fingerprint density at radius 1 is 0.881 bits per heavy atom. The number of ether oxygens (including phenoxy) is 4. The molecule has 2 saturated heterocycles. The fraction of sp³-hybridized carbons (Fsp3) is 0.327. The minimum Gasteiger partial charge on any atom is -1.00 e. The predicted molar refractivity (Wildman–Crippen MR) is 246 cm³/mol. The van der Waals surface area contributed by atoms with Crippen molar-refractivity contribution in [1.82, 2.24) is 15.1 Å². The Morgan fingerprint density at radius 3 is 2.10 bits per heavy atom. The summed E-state index contributed by atoms with van der Waals surface area (Å²) in [5.41, 5.74) is 2.13. The molecule has 2 N–H and O–H groups in total. The molecule has 0 bridgehead atoms. The maximum Gasteiger partial charge on any atom is 0.514 e. The van der Waals surface area contributed by atoms with Gasteiger partial charge in [-0.1, -0.05) is 72.3 Å². The lowest BCUT2D eigenvalue weighted by Crippen LogP contribution is -3.00. The number of anilines is 1. The summed E-state index contributed by atoms with van der Waals surface area (Å²) in [7, 11) is 0. The number of rotatable bonds is 12. The SMILES string of the molecule is CC(C)(C)OC(=O)N[C@@H]1C(=O)N2C(C(=O)OC(c3ccccc3)c3ccccc3)=C(/C=C3\CCN(Cc4cc[n+](CC(=O)Nc5ccc(OC(=O)OC(C)(C)C)c(Cl)c5)cc4)C3=O)CS[C@H]12.[Br-]. The molecule has 0 radical (unpaired) electrons. The number of thioether (sulfide) groups is 1. The topological polar surface area (TPSA) is 174 Å². The normalized spacial score (nSPS) is 17.6. The van der Waals surface area contributed by atoms with Crippen LogP contribution in [0.5, 0.6) is 5.75 Å². The van der Waals surface area contributed by atoms with Crippen molar-refractivity contribution in [3.63, 3.8) is 0 Å². The number of pyridine rings is 1. The number of halogens is 2. The fourth-order valence-corrected chi connectivity index (χ4v) is 8.92. The van der Waals surface area contributed by atoms with Crippen molar-refractivity contribution in [3.05, 3.63) is 148 Å². The van der Waals surface area contributed by atoms with Gasteiger partial charge in [-0.15, -0.1) is 11.8 Å². The molecule has 2 atom stereocenters. The molecule has 1 aromatic heterocycles. The van der Waals surface area contributed by atoms with E-state index in [4.69, 9.17) is 30.5 Å². The van der Waals surface area contributed by atoms with Crippen LogP contribution in [-0.4, -0.2) is 80.7 Å². The number of carbonyl (C=O) groups excluding carboxylic acids is 6. The van der Waals surface area contributed by atoms with Crippen LogP contribution in [0.2, 0.25) is 5.02 Å². The van der Waals surface area contributed by atoms with Crippen molar-refractivity contribution in [1.29, 1.82) is 0 Å². The zero-order valence-electron chi connectivity index (χ0n) is 37.7. The molecule has 15 nitrogen and oxygen atoms in total. The average Bonchev–Trinajstić information content (AvgIpc) is 3.59. The van der Waals surface area contributed by atoms with Crippen LogP contribution < -0.4 is 36.9 Å². The number of amides is 4. The summed E-state index contributed by atoms with van der Waals surface area (Å²) in [6.45, 7) is 11.0. The quantitative estimate of drug-likeness (QED) is 0.0506. The lowest BCUT2D eigenvalue weighted by molar-refractivity contribution is -0.684. The van der Waals surface area contributed by atoms with E-state index in [9.17, 15) is 28.8 Å². The molecule has 2 fully saturated rings. The van der Waals surface area contributed by atoms with Crippen LogP contribution >= 0.6 is 23.4 Å². The van der Waals surface area contributed by atoms with Crippen LogP contribution in [0.3, 0.4) is 0 Å². The van der Waals surface area contributed by atoms with Gasteiger partial charge in [-0.25, -0.2) is 14.4 Å². The molecule has 18 heteroatoms. The minimum absolute atomic E-state index is 0. The number of hydrogen-bond donors (Lipinski definition) is 2. The third-order valence-corrected chi connectivity index (χ3v) is 11.9. The molecule has 67 heavy (non-hydrogen) atoms. The van der Waals surface area contributed by atoms with E-state index in [1.807, 2.05) is 72.8 Å². The Morgan fingerprint density at radius 2 is 1.51 bits per heavy atom. The van der Waals surface area contributed by atoms with Crippen LogP contribution in [-0.2, 0) is 46.5 Å². The number of esters is 1. The van der Waals surface area contributed by atoms with Gasteiger partial charge in [0.25, 0.3) is 11.8 Å². The van der Waals surface area contributed by atoms with E-state index in [-0.39, 0.29) is 57.6 Å². The largest absolute Gasteiger partial charge is 1.00 e. The molecule has 7 rings (SSSR count). The van der Waals surface area contributed by atoms with Gasteiger partial charge < -0.3 is 51.5 Å². The Hall–Kier alpha value is -6.17. The lowest BCUT2D eigenvalue weighted by Gasteiger charge is -2.49. The predicted octanol–water partition coefficient (Wildman–Crippen LogP) is 4.64. The van der Waals surface area contributed by atoms with Crippen LogP contribution in [0, 0.1) is 0 Å². The van der Waals surface area contributed by atoms with E-state index in [1.165, 1.54) is 28.8 Å². The number of likely N-dealkylation sites (tertiary alicyclic amines) is 1. The van der Waals surface area contributed by atoms with Gasteiger partial charge in [0.05, 0.1) is 5.02 Å². The first kappa shape index (κ1) is 50.2. The number of hydrogen-bond acceptors (Lipinski definition) is 11. The van der Waals surface area contributed by atoms with E-state index in [2.05, 4.69) is 10.6 Å². The fourth-order valence-electron chi connectivity index (χ4n) is 7.39. The number of allylic oxidation sites excluding steroid dienone is 1. The molecule has 4 aromatic rings. The van der Waals surface area contributed by atoms with E-state index in [0.717, 1.165) is 16.7 Å². The minimum atomic E-state index is -0.936. The van der Waals surface area contributed by atoms with E-state index in [1.54, 1.807) is 75.5 Å². The number of nitrogens with zero attached hydrogens (tertiary/aromatic N) is 3. The molecule has 0 saturated carbocycles. The molecular weight excluding hydrogens is 966 g/mol. The maximum absolute atomic E-state index is 14.5. The van der Waals surface area contributed by atoms with Gasteiger partial charge in [-0.05, 0) is 94.5 Å². The third kappa shape index (κ3) is 12.8. The number of nitrogens with one attached hydrogen (secondary N) is 2. The summed E-state index contributed by atoms with van der Waals surface area (Å²) < 4.78 is 23.7. The molecule has 3 aliphatic heterocycles. The first-order chi connectivity index (χ1) is 31.3. The zero-order chi connectivity index (χ0) is 47.3. The highest BCUT2D eigenvalue weighted by molar-refractivity contribution is 8.00. The standard InChI is InChI=1S/C49H50ClN5O10S.BrH/c1-48(2,3)64-46(60)52-39-43(58)55-40(45(59)63-41(31-13-9-7-10-14-31)32-15-11-8-12-16-32)34(29-66-44(39)55)25-33-21-24-54(42(33)57)27-30-19-22-53(23-20-30)28-38(56)51-35-17-18-37(36(50)26-35)62-47(61)65-49(4,5)6;/h7-20,22-23,25-26,39,41,44H,21,24,27-29H2,1-6H3,(H-,51,52,56,60);1H/b33-25+;/t39-,44-;/m1./s1. The first-order valence-electron chi connectivity index (χ1n) is 21.3. The second-order valence-corrected chi connectivity index (χ2v) is 19.3. The van der Waals surface area contributed by atoms with Crippen LogP contribution in [0.4, 0.5) is 15.3 Å². The number of aromatic nitrogens is 1. The Labute approximate surface area is 408 Å². The summed E-state index contributed by atoms with van der Waals surface area (Å²) in [5.74, 6) is -1.44. The molecule has 352 valence electrons. The Kier molecular flexibility index (Phi) is 15.9. The third-order valence-electron chi connectivity index (χ3n) is 10.3. The smallest absolute Gasteiger partial charge is 0.514 e. The highest BCUT2D eigenvalue weighted by atomic mass is 79.9. The zero-order valence-corrected chi connectivity index (χ0v) is 40.9. The van der Waals surface area contributed by atoms with Crippen molar-refractivity contribution in [2.24, 2.45) is 0 Å². The highest BCUT2D eigenvalue weighted by Gasteiger charge is 2.55.